The van der Waals surface area contributed by atoms with Crippen molar-refractivity contribution in [2.24, 2.45) is 11.1 Å². The van der Waals surface area contributed by atoms with Crippen molar-refractivity contribution in [3.63, 3.8) is 0 Å². The van der Waals surface area contributed by atoms with Crippen molar-refractivity contribution in [2.75, 3.05) is 5.32 Å². The molecular weight excluding hydrogens is 637 g/mol. The van der Waals surface area contributed by atoms with Gasteiger partial charge in [0.1, 0.15) is 16.5 Å². The number of rotatable bonds is 13. The van der Waals surface area contributed by atoms with Crippen molar-refractivity contribution < 1.29 is 31.9 Å². The van der Waals surface area contributed by atoms with E-state index in [4.69, 9.17) is 5.14 Å². The van der Waals surface area contributed by atoms with Gasteiger partial charge in [0.15, 0.2) is 10.8 Å². The van der Waals surface area contributed by atoms with Gasteiger partial charge in [-0.1, -0.05) is 36.4 Å². The minimum Gasteiger partial charge on any atom is -0.476 e. The number of nitrogens with zero attached hydrogens (tertiary/aromatic N) is 1. The first-order valence-corrected chi connectivity index (χ1v) is 16.5. The largest absolute Gasteiger partial charge is 0.476 e. The molecule has 1 amide bonds. The zero-order chi connectivity index (χ0) is 33.0. The van der Waals surface area contributed by atoms with Crippen LogP contribution >= 0.6 is 11.3 Å². The molecule has 46 heavy (non-hydrogen) atoms. The van der Waals surface area contributed by atoms with E-state index >= 15 is 0 Å². The van der Waals surface area contributed by atoms with Gasteiger partial charge in [-0.25, -0.2) is 32.1 Å². The van der Waals surface area contributed by atoms with Gasteiger partial charge in [0.25, 0.3) is 5.91 Å². The van der Waals surface area contributed by atoms with Gasteiger partial charge < -0.3 is 15.7 Å². The minimum atomic E-state index is -4.32. The first kappa shape index (κ1) is 32.6. The highest BCUT2D eigenvalue weighted by atomic mass is 32.2. The molecule has 0 spiro atoms. The van der Waals surface area contributed by atoms with E-state index in [0.717, 1.165) is 47.9 Å². The third-order valence-corrected chi connectivity index (χ3v) is 9.02. The molecule has 3 aromatic carbocycles. The van der Waals surface area contributed by atoms with E-state index < -0.39 is 38.4 Å². The molecule has 1 aliphatic rings. The Hall–Kier alpha value is -4.79. The highest BCUT2D eigenvalue weighted by molar-refractivity contribution is 7.89. The standard InChI is InChI=1S/C32H29F2N5O5S2/c33-24-10-9-21(15-22(24)30(40)37-16-19-4-2-1-3-5-19)29(35)23(12-20-8-11-28(25(34)13-20)46(36,43)44)26(14-18-6-7-18)38-32-39-27(17-45-32)31(41)42/h1-5,8-11,13,15,17-18,35H,6-7,12,14,16H2,(H,37,40)(H,38,39)(H,41,42)(H2,36,43,44)/b26-23-,35-29?. The Labute approximate surface area is 267 Å². The van der Waals surface area contributed by atoms with Crippen LogP contribution in [0, 0.1) is 23.0 Å². The number of aromatic carboxylic acids is 1. The molecule has 0 unspecified atom stereocenters. The van der Waals surface area contributed by atoms with Crippen LogP contribution in [-0.2, 0) is 23.0 Å². The van der Waals surface area contributed by atoms with E-state index in [1.165, 1.54) is 23.6 Å². The summed E-state index contributed by atoms with van der Waals surface area (Å²) < 4.78 is 53.3. The number of hydrogen-bond donors (Lipinski definition) is 5. The maximum absolute atomic E-state index is 14.9. The van der Waals surface area contributed by atoms with Gasteiger partial charge in [-0.15, -0.1) is 11.3 Å². The molecule has 10 nitrogen and oxygen atoms in total. The van der Waals surface area contributed by atoms with E-state index in [-0.39, 0.29) is 46.5 Å². The number of thiazole rings is 1. The molecule has 1 aliphatic carbocycles. The summed E-state index contributed by atoms with van der Waals surface area (Å²) in [6, 6.07) is 16.2. The molecule has 0 bridgehead atoms. The Balaban J connectivity index is 1.54. The summed E-state index contributed by atoms with van der Waals surface area (Å²) in [5.74, 6) is -3.47. The van der Waals surface area contributed by atoms with E-state index in [2.05, 4.69) is 15.6 Å². The SMILES string of the molecule is N=C(/C(Cc1ccc(S(N)(=O)=O)c(F)c1)=C(/CC1CC1)Nc1nc(C(=O)O)cs1)c1ccc(F)c(C(=O)NCc2ccccc2)c1. The first-order chi connectivity index (χ1) is 21.9. The van der Waals surface area contributed by atoms with Crippen LogP contribution in [0.3, 0.4) is 0 Å². The van der Waals surface area contributed by atoms with E-state index in [9.17, 15) is 37.3 Å². The van der Waals surface area contributed by atoms with Crippen molar-refractivity contribution in [1.82, 2.24) is 10.3 Å². The van der Waals surface area contributed by atoms with E-state index in [1.807, 2.05) is 30.3 Å². The molecule has 1 heterocycles. The second-order valence-electron chi connectivity index (χ2n) is 10.8. The second kappa shape index (κ2) is 13.7. The number of anilines is 1. The lowest BCUT2D eigenvalue weighted by Gasteiger charge is -2.19. The molecule has 1 fully saturated rings. The van der Waals surface area contributed by atoms with Gasteiger partial charge >= 0.3 is 5.97 Å². The van der Waals surface area contributed by atoms with E-state index in [1.54, 1.807) is 0 Å². The fourth-order valence-corrected chi connectivity index (χ4v) is 6.05. The van der Waals surface area contributed by atoms with Gasteiger partial charge in [0, 0.05) is 35.2 Å². The number of nitrogens with two attached hydrogens (primary N) is 1. The maximum Gasteiger partial charge on any atom is 0.355 e. The fourth-order valence-electron chi connectivity index (χ4n) is 4.76. The number of hydrogen-bond acceptors (Lipinski definition) is 8. The zero-order valence-corrected chi connectivity index (χ0v) is 25.9. The van der Waals surface area contributed by atoms with Crippen LogP contribution in [0.1, 0.15) is 56.8 Å². The Bertz CT molecular complexity index is 1960. The summed E-state index contributed by atoms with van der Waals surface area (Å²) in [6.07, 6.45) is 2.22. The molecule has 6 N–H and O–H groups in total. The molecule has 5 rings (SSSR count). The fraction of sp³-hybridized carbons (Fsp3) is 0.188. The van der Waals surface area contributed by atoms with Gasteiger partial charge in [0.2, 0.25) is 10.0 Å². The molecule has 0 saturated heterocycles. The predicted molar refractivity (Wildman–Crippen MR) is 169 cm³/mol. The third kappa shape index (κ3) is 8.07. The Kier molecular flexibility index (Phi) is 9.70. The smallest absolute Gasteiger partial charge is 0.355 e. The van der Waals surface area contributed by atoms with Crippen LogP contribution in [0.4, 0.5) is 13.9 Å². The summed E-state index contributed by atoms with van der Waals surface area (Å²) in [4.78, 5) is 27.9. The summed E-state index contributed by atoms with van der Waals surface area (Å²) in [7, 11) is -4.32. The molecule has 238 valence electrons. The topological polar surface area (TPSA) is 175 Å². The molecule has 14 heteroatoms. The van der Waals surface area contributed by atoms with Gasteiger partial charge in [-0.05, 0) is 66.6 Å². The monoisotopic (exact) mass is 665 g/mol. The van der Waals surface area contributed by atoms with Gasteiger partial charge in [-0.3, -0.25) is 10.2 Å². The number of allylic oxidation sites excluding steroid dienone is 2. The highest BCUT2D eigenvalue weighted by Gasteiger charge is 2.27. The number of primary sulfonamides is 1. The number of carboxylic acids is 1. The molecule has 0 radical (unpaired) electrons. The number of carboxylic acid groups (broad SMARTS) is 1. The van der Waals surface area contributed by atoms with Gasteiger partial charge in [-0.2, -0.15) is 0 Å². The van der Waals surface area contributed by atoms with Crippen molar-refractivity contribution in [3.05, 3.63) is 123 Å². The Morgan fingerprint density at radius 3 is 2.39 bits per heavy atom. The Morgan fingerprint density at radius 1 is 1.02 bits per heavy atom. The number of carbonyl (C=O) groups is 2. The molecule has 0 aliphatic heterocycles. The number of sulfonamides is 1. The quantitative estimate of drug-likeness (QED) is 0.118. The highest BCUT2D eigenvalue weighted by Crippen LogP contribution is 2.37. The molecule has 4 aromatic rings. The predicted octanol–water partition coefficient (Wildman–Crippen LogP) is 5.47. The minimum absolute atomic E-state index is 0.0697. The maximum atomic E-state index is 14.9. The number of aromatic nitrogens is 1. The van der Waals surface area contributed by atoms with Crippen molar-refractivity contribution in [1.29, 1.82) is 5.41 Å². The number of benzene rings is 3. The van der Waals surface area contributed by atoms with Crippen molar-refractivity contribution in [2.45, 2.75) is 37.1 Å². The van der Waals surface area contributed by atoms with Crippen LogP contribution in [0.2, 0.25) is 0 Å². The average Bonchev–Trinajstić information content (AvgIpc) is 3.71. The lowest BCUT2D eigenvalue weighted by Crippen LogP contribution is -2.24. The summed E-state index contributed by atoms with van der Waals surface area (Å²) in [5, 5.41) is 31.2. The van der Waals surface area contributed by atoms with E-state index in [0.29, 0.717) is 23.3 Å². The average molecular weight is 666 g/mol. The van der Waals surface area contributed by atoms with Crippen LogP contribution in [-0.4, -0.2) is 36.1 Å². The third-order valence-electron chi connectivity index (χ3n) is 7.32. The zero-order valence-electron chi connectivity index (χ0n) is 24.2. The van der Waals surface area contributed by atoms with Crippen molar-refractivity contribution in [3.8, 4) is 0 Å². The lowest BCUT2D eigenvalue weighted by atomic mass is 9.92. The molecule has 1 saturated carbocycles. The van der Waals surface area contributed by atoms with Crippen LogP contribution in [0.25, 0.3) is 0 Å². The Morgan fingerprint density at radius 2 is 1.76 bits per heavy atom. The molecule has 0 atom stereocenters. The second-order valence-corrected chi connectivity index (χ2v) is 13.2. The number of amides is 1. The number of nitrogens with one attached hydrogen (secondary N) is 3. The summed E-state index contributed by atoms with van der Waals surface area (Å²) in [6.45, 7) is 0.160. The molecular formula is C32H29F2N5O5S2. The van der Waals surface area contributed by atoms with Crippen LogP contribution < -0.4 is 15.8 Å². The number of carbonyl (C=O) groups excluding carboxylic acids is 1. The van der Waals surface area contributed by atoms with Crippen molar-refractivity contribution >= 4 is 44.1 Å². The molecule has 1 aromatic heterocycles. The van der Waals surface area contributed by atoms with Crippen LogP contribution in [0.15, 0.2) is 88.3 Å². The summed E-state index contributed by atoms with van der Waals surface area (Å²) >= 11 is 1.05. The summed E-state index contributed by atoms with van der Waals surface area (Å²) in [5.41, 5.74) is 1.62. The van der Waals surface area contributed by atoms with Gasteiger partial charge in [0.05, 0.1) is 11.3 Å². The van der Waals surface area contributed by atoms with Crippen LogP contribution in [0.5, 0.6) is 0 Å². The number of halogens is 2. The normalized spacial score (nSPS) is 13.5. The first-order valence-electron chi connectivity index (χ1n) is 14.1. The lowest BCUT2D eigenvalue weighted by molar-refractivity contribution is 0.0691.